The van der Waals surface area contributed by atoms with Gasteiger partial charge >= 0.3 is 0 Å². The molecule has 0 unspecified atom stereocenters. The highest BCUT2D eigenvalue weighted by Crippen LogP contribution is 2.23. The monoisotopic (exact) mass is 274 g/mol. The second kappa shape index (κ2) is 5.90. The molecular weight excluding hydrogens is 252 g/mol. The second-order valence-electron chi connectivity index (χ2n) is 4.92. The lowest BCUT2D eigenvalue weighted by Crippen LogP contribution is -2.20. The Labute approximate surface area is 119 Å². The van der Waals surface area contributed by atoms with Crippen LogP contribution in [0.3, 0.4) is 0 Å². The number of aryl methyl sites for hydroxylation is 2. The van der Waals surface area contributed by atoms with Gasteiger partial charge in [0.25, 0.3) is 0 Å². The van der Waals surface area contributed by atoms with Crippen molar-refractivity contribution in [1.82, 2.24) is 19.7 Å². The molecule has 2 heterocycles. The fraction of sp³-hybridized carbons (Fsp3) is 0.500. The quantitative estimate of drug-likeness (QED) is 0.900. The molecule has 2 aromatic heterocycles. The minimum Gasteiger partial charge on any atom is -0.373 e. The lowest BCUT2D eigenvalue weighted by Gasteiger charge is -2.21. The van der Waals surface area contributed by atoms with Crippen LogP contribution in [0.4, 0.5) is 11.6 Å². The Bertz CT molecular complexity index is 589. The molecule has 2 aromatic rings. The van der Waals surface area contributed by atoms with Gasteiger partial charge in [-0.2, -0.15) is 5.10 Å². The summed E-state index contributed by atoms with van der Waals surface area (Å²) in [5.74, 6) is 2.71. The zero-order chi connectivity index (χ0) is 14.7. The standard InChI is InChI=1S/C14H22N6/c1-6-12-17-13(15-3)10(2)14(18-12)19(4)8-11-7-16-20(5)9-11/h7,9H,6,8H2,1-5H3,(H,15,17,18). The maximum Gasteiger partial charge on any atom is 0.137 e. The number of rotatable bonds is 5. The average molecular weight is 274 g/mol. The van der Waals surface area contributed by atoms with E-state index in [1.807, 2.05) is 45.1 Å². The van der Waals surface area contributed by atoms with Crippen molar-refractivity contribution in [3.8, 4) is 0 Å². The van der Waals surface area contributed by atoms with Gasteiger partial charge in [0.1, 0.15) is 17.5 Å². The largest absolute Gasteiger partial charge is 0.373 e. The number of aromatic nitrogens is 4. The molecule has 0 atom stereocenters. The molecule has 1 N–H and O–H groups in total. The normalized spacial score (nSPS) is 10.7. The summed E-state index contributed by atoms with van der Waals surface area (Å²) in [6.45, 7) is 4.88. The fourth-order valence-corrected chi connectivity index (χ4v) is 2.23. The number of hydrogen-bond donors (Lipinski definition) is 1. The Morgan fingerprint density at radius 3 is 2.65 bits per heavy atom. The van der Waals surface area contributed by atoms with Crippen LogP contribution in [0, 0.1) is 6.92 Å². The molecule has 0 bridgehead atoms. The minimum atomic E-state index is 0.776. The molecule has 6 heteroatoms. The van der Waals surface area contributed by atoms with Gasteiger partial charge in [0.05, 0.1) is 6.20 Å². The lowest BCUT2D eigenvalue weighted by molar-refractivity contribution is 0.766. The highest BCUT2D eigenvalue weighted by atomic mass is 15.2. The molecule has 0 spiro atoms. The zero-order valence-electron chi connectivity index (χ0n) is 12.8. The topological polar surface area (TPSA) is 58.9 Å². The fourth-order valence-electron chi connectivity index (χ4n) is 2.23. The summed E-state index contributed by atoms with van der Waals surface area (Å²) in [5, 5.41) is 7.34. The molecule has 0 saturated heterocycles. The maximum absolute atomic E-state index is 4.65. The van der Waals surface area contributed by atoms with Crippen LogP contribution in [-0.4, -0.2) is 33.8 Å². The number of anilines is 2. The van der Waals surface area contributed by atoms with Crippen molar-refractivity contribution < 1.29 is 0 Å². The predicted octanol–water partition coefficient (Wildman–Crippen LogP) is 1.76. The summed E-state index contributed by atoms with van der Waals surface area (Å²) >= 11 is 0. The first kappa shape index (κ1) is 14.3. The van der Waals surface area contributed by atoms with Crippen LogP contribution in [0.1, 0.15) is 23.9 Å². The third kappa shape index (κ3) is 2.89. The number of nitrogens with one attached hydrogen (secondary N) is 1. The van der Waals surface area contributed by atoms with Gasteiger partial charge < -0.3 is 10.2 Å². The molecule has 0 aliphatic rings. The molecule has 0 amide bonds. The SMILES string of the molecule is CCc1nc(NC)c(C)c(N(C)Cc2cnn(C)c2)n1. The van der Waals surface area contributed by atoms with E-state index >= 15 is 0 Å². The Morgan fingerprint density at radius 1 is 1.35 bits per heavy atom. The Hall–Kier alpha value is -2.11. The Kier molecular flexibility index (Phi) is 4.22. The van der Waals surface area contributed by atoms with Crippen LogP contribution in [0.2, 0.25) is 0 Å². The molecule has 0 fully saturated rings. The van der Waals surface area contributed by atoms with Crippen LogP contribution in [0.15, 0.2) is 12.4 Å². The molecule has 6 nitrogen and oxygen atoms in total. The van der Waals surface area contributed by atoms with Crippen LogP contribution in [-0.2, 0) is 20.0 Å². The summed E-state index contributed by atoms with van der Waals surface area (Å²) in [4.78, 5) is 11.3. The molecule has 0 radical (unpaired) electrons. The number of hydrogen-bond acceptors (Lipinski definition) is 5. The van der Waals surface area contributed by atoms with E-state index < -0.39 is 0 Å². The van der Waals surface area contributed by atoms with Crippen molar-refractivity contribution in [2.24, 2.45) is 7.05 Å². The van der Waals surface area contributed by atoms with Gasteiger partial charge in [0, 0.05) is 51.4 Å². The van der Waals surface area contributed by atoms with E-state index in [4.69, 9.17) is 0 Å². The Balaban J connectivity index is 2.30. The highest BCUT2D eigenvalue weighted by Gasteiger charge is 2.13. The summed E-state index contributed by atoms with van der Waals surface area (Å²) in [6, 6.07) is 0. The lowest BCUT2D eigenvalue weighted by atomic mass is 10.2. The van der Waals surface area contributed by atoms with Crippen molar-refractivity contribution in [3.05, 3.63) is 29.3 Å². The van der Waals surface area contributed by atoms with Gasteiger partial charge in [-0.05, 0) is 6.92 Å². The second-order valence-corrected chi connectivity index (χ2v) is 4.92. The molecule has 0 aromatic carbocycles. The molecule has 20 heavy (non-hydrogen) atoms. The van der Waals surface area contributed by atoms with E-state index in [1.165, 1.54) is 0 Å². The van der Waals surface area contributed by atoms with E-state index in [2.05, 4.69) is 32.2 Å². The van der Waals surface area contributed by atoms with E-state index in [0.717, 1.165) is 41.6 Å². The molecule has 0 saturated carbocycles. The highest BCUT2D eigenvalue weighted by molar-refractivity contribution is 5.58. The third-order valence-electron chi connectivity index (χ3n) is 3.26. The first-order valence-corrected chi connectivity index (χ1v) is 6.79. The van der Waals surface area contributed by atoms with Gasteiger partial charge in [-0.1, -0.05) is 6.92 Å². The molecule has 0 aliphatic carbocycles. The molecule has 0 aliphatic heterocycles. The van der Waals surface area contributed by atoms with Crippen LogP contribution in [0.25, 0.3) is 0 Å². The summed E-state index contributed by atoms with van der Waals surface area (Å²) in [5.41, 5.74) is 2.23. The van der Waals surface area contributed by atoms with Gasteiger partial charge in [-0.3, -0.25) is 4.68 Å². The predicted molar refractivity (Wildman–Crippen MR) is 81.0 cm³/mol. The summed E-state index contributed by atoms with van der Waals surface area (Å²) in [7, 11) is 5.86. The summed E-state index contributed by atoms with van der Waals surface area (Å²) < 4.78 is 1.81. The van der Waals surface area contributed by atoms with E-state index in [-0.39, 0.29) is 0 Å². The van der Waals surface area contributed by atoms with Crippen LogP contribution >= 0.6 is 0 Å². The third-order valence-corrected chi connectivity index (χ3v) is 3.26. The van der Waals surface area contributed by atoms with Gasteiger partial charge in [0.15, 0.2) is 0 Å². The Morgan fingerprint density at radius 2 is 2.10 bits per heavy atom. The average Bonchev–Trinajstić information content (AvgIpc) is 2.84. The van der Waals surface area contributed by atoms with E-state index in [0.29, 0.717) is 0 Å². The van der Waals surface area contributed by atoms with Crippen molar-refractivity contribution in [1.29, 1.82) is 0 Å². The van der Waals surface area contributed by atoms with Crippen molar-refractivity contribution in [2.45, 2.75) is 26.8 Å². The molecule has 108 valence electrons. The molecule has 2 rings (SSSR count). The molecular formula is C14H22N6. The van der Waals surface area contributed by atoms with Crippen LogP contribution < -0.4 is 10.2 Å². The van der Waals surface area contributed by atoms with Gasteiger partial charge in [-0.25, -0.2) is 9.97 Å². The number of nitrogens with zero attached hydrogens (tertiary/aromatic N) is 5. The summed E-state index contributed by atoms with van der Waals surface area (Å²) in [6.07, 6.45) is 4.72. The van der Waals surface area contributed by atoms with Crippen molar-refractivity contribution in [3.63, 3.8) is 0 Å². The van der Waals surface area contributed by atoms with Crippen LogP contribution in [0.5, 0.6) is 0 Å². The van der Waals surface area contributed by atoms with Gasteiger partial charge in [0.2, 0.25) is 0 Å². The first-order chi connectivity index (χ1) is 9.55. The maximum atomic E-state index is 4.65. The van der Waals surface area contributed by atoms with Gasteiger partial charge in [-0.15, -0.1) is 0 Å². The van der Waals surface area contributed by atoms with Crippen molar-refractivity contribution >= 4 is 11.6 Å². The minimum absolute atomic E-state index is 0.776. The zero-order valence-corrected chi connectivity index (χ0v) is 12.8. The van der Waals surface area contributed by atoms with E-state index in [1.54, 1.807) is 0 Å². The van der Waals surface area contributed by atoms with E-state index in [9.17, 15) is 0 Å². The smallest absolute Gasteiger partial charge is 0.137 e. The van der Waals surface area contributed by atoms with Crippen molar-refractivity contribution in [2.75, 3.05) is 24.3 Å². The first-order valence-electron chi connectivity index (χ1n) is 6.79.